The van der Waals surface area contributed by atoms with Crippen LogP contribution in [-0.4, -0.2) is 65.3 Å². The molecule has 0 aromatic heterocycles. The van der Waals surface area contributed by atoms with Gasteiger partial charge in [-0.2, -0.15) is 0 Å². The van der Waals surface area contributed by atoms with Gasteiger partial charge in [0.25, 0.3) is 0 Å². The molecule has 8 nitrogen and oxygen atoms in total. The predicted octanol–water partition coefficient (Wildman–Crippen LogP) is 3.35. The lowest BCUT2D eigenvalue weighted by atomic mass is 9.81. The maximum absolute atomic E-state index is 13.5. The van der Waals surface area contributed by atoms with Crippen molar-refractivity contribution in [1.82, 2.24) is 15.5 Å². The number of nitrogens with one attached hydrogen (secondary N) is 2. The second-order valence-electron chi connectivity index (χ2n) is 12.2. The van der Waals surface area contributed by atoms with Gasteiger partial charge in [0.15, 0.2) is 0 Å². The maximum atomic E-state index is 13.5. The van der Waals surface area contributed by atoms with E-state index in [1.54, 1.807) is 17.0 Å². The van der Waals surface area contributed by atoms with Crippen LogP contribution in [-0.2, 0) is 20.8 Å². The van der Waals surface area contributed by atoms with Gasteiger partial charge in [0.1, 0.15) is 12.1 Å². The van der Waals surface area contributed by atoms with Gasteiger partial charge in [-0.1, -0.05) is 53.7 Å². The van der Waals surface area contributed by atoms with Crippen molar-refractivity contribution in [2.75, 3.05) is 13.1 Å². The molecule has 5 atom stereocenters. The van der Waals surface area contributed by atoms with Crippen molar-refractivity contribution in [2.45, 2.75) is 72.9 Å². The van der Waals surface area contributed by atoms with Gasteiger partial charge in [0.05, 0.1) is 5.56 Å². The van der Waals surface area contributed by atoms with Crippen LogP contribution in [0.4, 0.5) is 8.78 Å². The molecule has 0 radical (unpaired) electrons. The van der Waals surface area contributed by atoms with Crippen LogP contribution in [0, 0.1) is 28.6 Å². The number of alkyl halides is 2. The molecule has 1 aromatic carbocycles. The summed E-state index contributed by atoms with van der Waals surface area (Å²) >= 11 is 0. The van der Waals surface area contributed by atoms with Crippen molar-refractivity contribution in [1.29, 1.82) is 0 Å². The predicted molar refractivity (Wildman–Crippen MR) is 138 cm³/mol. The first-order valence-electron chi connectivity index (χ1n) is 13.0. The largest absolute Gasteiger partial charge is 0.478 e. The van der Waals surface area contributed by atoms with E-state index < -0.39 is 42.7 Å². The summed E-state index contributed by atoms with van der Waals surface area (Å²) in [6, 6.07) is 3.86. The third-order valence-electron chi connectivity index (χ3n) is 8.39. The number of aromatic carboxylic acids is 1. The van der Waals surface area contributed by atoms with Crippen LogP contribution in [0.15, 0.2) is 24.3 Å². The first-order valence-corrected chi connectivity index (χ1v) is 13.0. The highest BCUT2D eigenvalue weighted by atomic mass is 19.3. The Balaban J connectivity index is 1.67. The Morgan fingerprint density at radius 1 is 1.13 bits per heavy atom. The standard InChI is InChI=1S/C28H39F2N3O5/c1-15(27(2,3)4)25(36)33-14-18-21(28(18,5)6)22(33)24(35)32-19(13-20(29)30)23(34)31-12-11-16-7-9-17(10-8-16)26(37)38/h7-10,15,18-22H,11-14H2,1-6H3,(H,31,34)(H,32,35)(H,37,38)/t15-,18?,19+,21?,22+/m1/s1. The first-order chi connectivity index (χ1) is 17.6. The number of hydrogen-bond acceptors (Lipinski definition) is 4. The number of carbonyl (C=O) groups excluding carboxylic acids is 3. The first kappa shape index (κ1) is 29.5. The molecule has 3 N–H and O–H groups in total. The molecule has 0 bridgehead atoms. The lowest BCUT2D eigenvalue weighted by molar-refractivity contribution is -0.146. The highest BCUT2D eigenvalue weighted by Gasteiger charge is 2.69. The third-order valence-corrected chi connectivity index (χ3v) is 8.39. The fourth-order valence-corrected chi connectivity index (χ4v) is 5.37. The summed E-state index contributed by atoms with van der Waals surface area (Å²) in [6.07, 6.45) is -3.31. The van der Waals surface area contributed by atoms with E-state index in [2.05, 4.69) is 10.6 Å². The average Bonchev–Trinajstić information content (AvgIpc) is 3.15. The van der Waals surface area contributed by atoms with Gasteiger partial charge in [0.2, 0.25) is 24.1 Å². The number of likely N-dealkylation sites (tertiary alicyclic amines) is 1. The van der Waals surface area contributed by atoms with E-state index in [9.17, 15) is 28.0 Å². The number of carboxylic acids is 1. The van der Waals surface area contributed by atoms with Gasteiger partial charge in [-0.3, -0.25) is 14.4 Å². The Hall–Kier alpha value is -3.04. The zero-order chi connectivity index (χ0) is 28.6. The van der Waals surface area contributed by atoms with Crippen LogP contribution >= 0.6 is 0 Å². The fraction of sp³-hybridized carbons (Fsp3) is 0.643. The molecular formula is C28H39F2N3O5. The number of fused-ring (bicyclic) bond motifs is 1. The van der Waals surface area contributed by atoms with Gasteiger partial charge in [0, 0.05) is 25.4 Å². The lowest BCUT2D eigenvalue weighted by Crippen LogP contribution is -2.56. The maximum Gasteiger partial charge on any atom is 0.335 e. The van der Waals surface area contributed by atoms with Gasteiger partial charge >= 0.3 is 5.97 Å². The number of rotatable bonds is 10. The van der Waals surface area contributed by atoms with Crippen molar-refractivity contribution in [2.24, 2.45) is 28.6 Å². The minimum absolute atomic E-state index is 0.0948. The molecular weight excluding hydrogens is 496 g/mol. The van der Waals surface area contributed by atoms with E-state index in [4.69, 9.17) is 5.11 Å². The van der Waals surface area contributed by atoms with E-state index >= 15 is 0 Å². The molecule has 10 heteroatoms. The molecule has 1 heterocycles. The smallest absolute Gasteiger partial charge is 0.335 e. The van der Waals surface area contributed by atoms with Gasteiger partial charge in [-0.05, 0) is 46.8 Å². The molecule has 1 aliphatic heterocycles. The monoisotopic (exact) mass is 535 g/mol. The Kier molecular flexibility index (Phi) is 8.53. The molecule has 2 fully saturated rings. The number of benzene rings is 1. The molecule has 38 heavy (non-hydrogen) atoms. The van der Waals surface area contributed by atoms with Crippen molar-refractivity contribution in [3.05, 3.63) is 35.4 Å². The molecule has 1 aliphatic carbocycles. The highest BCUT2D eigenvalue weighted by molar-refractivity contribution is 5.94. The summed E-state index contributed by atoms with van der Waals surface area (Å²) in [4.78, 5) is 52.2. The van der Waals surface area contributed by atoms with Crippen molar-refractivity contribution in [3.8, 4) is 0 Å². The average molecular weight is 536 g/mol. The van der Waals surface area contributed by atoms with Gasteiger partial charge < -0.3 is 20.6 Å². The zero-order valence-corrected chi connectivity index (χ0v) is 22.9. The van der Waals surface area contributed by atoms with Crippen LogP contribution < -0.4 is 10.6 Å². The molecule has 0 spiro atoms. The van der Waals surface area contributed by atoms with E-state index in [1.807, 2.05) is 41.5 Å². The van der Waals surface area contributed by atoms with Crippen molar-refractivity contribution in [3.63, 3.8) is 0 Å². The molecule has 1 saturated carbocycles. The minimum Gasteiger partial charge on any atom is -0.478 e. The SMILES string of the molecule is C[C@H](C(=O)N1CC2C([C@H]1C(=O)N[C@@H](CC(F)F)C(=O)NCCc1ccc(C(=O)O)cc1)C2(C)C)C(C)(C)C. The topological polar surface area (TPSA) is 116 Å². The minimum atomic E-state index is -2.82. The van der Waals surface area contributed by atoms with Crippen LogP contribution in [0.25, 0.3) is 0 Å². The van der Waals surface area contributed by atoms with Crippen LogP contribution in [0.5, 0.6) is 0 Å². The quantitative estimate of drug-likeness (QED) is 0.425. The van der Waals surface area contributed by atoms with Crippen LogP contribution in [0.2, 0.25) is 0 Å². The van der Waals surface area contributed by atoms with E-state index in [-0.39, 0.29) is 46.6 Å². The molecule has 2 unspecified atom stereocenters. The molecule has 1 saturated heterocycles. The molecule has 3 amide bonds. The Bertz CT molecular complexity index is 1070. The number of amides is 3. The molecule has 1 aromatic rings. The number of nitrogens with zero attached hydrogens (tertiary/aromatic N) is 1. The second-order valence-corrected chi connectivity index (χ2v) is 12.2. The third kappa shape index (κ3) is 6.32. The van der Waals surface area contributed by atoms with Crippen LogP contribution in [0.1, 0.15) is 63.9 Å². The Morgan fingerprint density at radius 3 is 2.26 bits per heavy atom. The number of halogens is 2. The van der Waals surface area contributed by atoms with Crippen molar-refractivity contribution < 1.29 is 33.1 Å². The zero-order valence-electron chi connectivity index (χ0n) is 22.9. The molecule has 2 aliphatic rings. The molecule has 210 valence electrons. The normalized spacial score (nSPS) is 23.4. The Morgan fingerprint density at radius 2 is 1.74 bits per heavy atom. The summed E-state index contributed by atoms with van der Waals surface area (Å²) in [5.41, 5.74) is 0.432. The lowest BCUT2D eigenvalue weighted by Gasteiger charge is -2.36. The van der Waals surface area contributed by atoms with Gasteiger partial charge in [-0.25, -0.2) is 13.6 Å². The van der Waals surface area contributed by atoms with Gasteiger partial charge in [-0.15, -0.1) is 0 Å². The number of hydrogen-bond donors (Lipinski definition) is 3. The number of carbonyl (C=O) groups is 4. The summed E-state index contributed by atoms with van der Waals surface area (Å²) < 4.78 is 26.7. The van der Waals surface area contributed by atoms with Crippen molar-refractivity contribution >= 4 is 23.7 Å². The molecule has 3 rings (SSSR count). The van der Waals surface area contributed by atoms with E-state index in [1.165, 1.54) is 12.1 Å². The van der Waals surface area contributed by atoms with E-state index in [0.29, 0.717) is 13.0 Å². The fourth-order valence-electron chi connectivity index (χ4n) is 5.37. The summed E-state index contributed by atoms with van der Waals surface area (Å²) in [5.74, 6) is -2.81. The number of piperidine rings is 1. The second kappa shape index (κ2) is 11.0. The number of carboxylic acid groups (broad SMARTS) is 1. The van der Waals surface area contributed by atoms with E-state index in [0.717, 1.165) is 5.56 Å². The highest BCUT2D eigenvalue weighted by Crippen LogP contribution is 2.65. The summed E-state index contributed by atoms with van der Waals surface area (Å²) in [7, 11) is 0. The summed E-state index contributed by atoms with van der Waals surface area (Å²) in [6.45, 7) is 12.3. The summed E-state index contributed by atoms with van der Waals surface area (Å²) in [5, 5.41) is 14.1. The Labute approximate surface area is 222 Å². The van der Waals surface area contributed by atoms with Crippen LogP contribution in [0.3, 0.4) is 0 Å².